The molecule has 0 aliphatic heterocycles. The first-order valence-corrected chi connectivity index (χ1v) is 4.58. The van der Waals surface area contributed by atoms with E-state index >= 15 is 0 Å². The zero-order valence-corrected chi connectivity index (χ0v) is 8.71. The van der Waals surface area contributed by atoms with Crippen molar-refractivity contribution in [3.05, 3.63) is 28.2 Å². The maximum Gasteiger partial charge on any atom is 0.255 e. The van der Waals surface area contributed by atoms with Gasteiger partial charge >= 0.3 is 0 Å². The molecule has 0 fully saturated rings. The number of carbonyl (C=O) groups excluding carboxylic acids is 1. The molecule has 72 valence electrons. The molecule has 0 radical (unpaired) electrons. The molecular formula is C9H7BrN2O2. The van der Waals surface area contributed by atoms with Gasteiger partial charge in [0, 0.05) is 4.47 Å². The van der Waals surface area contributed by atoms with Crippen molar-refractivity contribution < 1.29 is 9.90 Å². The van der Waals surface area contributed by atoms with Crippen LogP contribution in [0.2, 0.25) is 0 Å². The number of benzene rings is 1. The summed E-state index contributed by atoms with van der Waals surface area (Å²) in [7, 11) is 0. The van der Waals surface area contributed by atoms with Gasteiger partial charge in [0.15, 0.2) is 0 Å². The average Bonchev–Trinajstić information content (AvgIpc) is 2.18. The second kappa shape index (κ2) is 4.63. The van der Waals surface area contributed by atoms with Crippen LogP contribution in [0.15, 0.2) is 22.7 Å². The topological polar surface area (TPSA) is 73.1 Å². The number of hydrogen-bond donors (Lipinski definition) is 2. The van der Waals surface area contributed by atoms with Gasteiger partial charge in [0.25, 0.3) is 5.91 Å². The normalized spacial score (nSPS) is 9.14. The van der Waals surface area contributed by atoms with Crippen LogP contribution < -0.4 is 5.32 Å². The summed E-state index contributed by atoms with van der Waals surface area (Å²) >= 11 is 3.18. The Labute approximate surface area is 89.3 Å². The molecule has 0 saturated heterocycles. The second-order valence-electron chi connectivity index (χ2n) is 2.50. The van der Waals surface area contributed by atoms with E-state index in [0.29, 0.717) is 4.47 Å². The van der Waals surface area contributed by atoms with Crippen LogP contribution in [0, 0.1) is 11.3 Å². The summed E-state index contributed by atoms with van der Waals surface area (Å²) in [5, 5.41) is 19.9. The highest BCUT2D eigenvalue weighted by Crippen LogP contribution is 2.21. The van der Waals surface area contributed by atoms with E-state index in [2.05, 4.69) is 21.2 Å². The average molecular weight is 255 g/mol. The van der Waals surface area contributed by atoms with Crippen LogP contribution in [0.3, 0.4) is 0 Å². The Bertz CT molecular complexity index is 398. The van der Waals surface area contributed by atoms with Crippen molar-refractivity contribution in [1.29, 1.82) is 5.26 Å². The lowest BCUT2D eigenvalue weighted by molar-refractivity contribution is 0.0956. The van der Waals surface area contributed by atoms with Crippen LogP contribution in [-0.4, -0.2) is 17.6 Å². The highest BCUT2D eigenvalue weighted by Gasteiger charge is 2.10. The van der Waals surface area contributed by atoms with Crippen LogP contribution in [-0.2, 0) is 0 Å². The SMILES string of the molecule is N#CCNC(=O)c1cc(Br)ccc1O. The standard InChI is InChI=1S/C9H7BrN2O2/c10-6-1-2-8(13)7(5-6)9(14)12-4-3-11/h1-2,5,13H,4H2,(H,12,14). The number of phenolic OH excluding ortho intramolecular Hbond substituents is 1. The van der Waals surface area contributed by atoms with Gasteiger partial charge in [-0.15, -0.1) is 0 Å². The minimum absolute atomic E-state index is 0.0786. The Morgan fingerprint density at radius 1 is 1.64 bits per heavy atom. The van der Waals surface area contributed by atoms with Crippen molar-refractivity contribution in [3.8, 4) is 11.8 Å². The van der Waals surface area contributed by atoms with E-state index < -0.39 is 5.91 Å². The second-order valence-corrected chi connectivity index (χ2v) is 3.42. The molecule has 0 heterocycles. The van der Waals surface area contributed by atoms with Gasteiger partial charge < -0.3 is 10.4 Å². The van der Waals surface area contributed by atoms with Crippen molar-refractivity contribution in [2.75, 3.05) is 6.54 Å². The van der Waals surface area contributed by atoms with E-state index in [1.165, 1.54) is 12.1 Å². The Hall–Kier alpha value is -1.54. The molecule has 0 unspecified atom stereocenters. The van der Waals surface area contributed by atoms with Crippen LogP contribution in [0.4, 0.5) is 0 Å². The zero-order valence-electron chi connectivity index (χ0n) is 7.12. The first-order valence-electron chi connectivity index (χ1n) is 3.79. The fourth-order valence-corrected chi connectivity index (χ4v) is 1.27. The van der Waals surface area contributed by atoms with Gasteiger partial charge in [0.1, 0.15) is 12.3 Å². The van der Waals surface area contributed by atoms with Crippen molar-refractivity contribution >= 4 is 21.8 Å². The number of nitriles is 1. The van der Waals surface area contributed by atoms with E-state index in [1.54, 1.807) is 12.1 Å². The smallest absolute Gasteiger partial charge is 0.255 e. The third-order valence-corrected chi connectivity index (χ3v) is 2.02. The lowest BCUT2D eigenvalue weighted by atomic mass is 10.2. The van der Waals surface area contributed by atoms with Crippen molar-refractivity contribution in [1.82, 2.24) is 5.32 Å². The van der Waals surface area contributed by atoms with Crippen molar-refractivity contribution in [2.24, 2.45) is 0 Å². The fraction of sp³-hybridized carbons (Fsp3) is 0.111. The lowest BCUT2D eigenvalue weighted by Crippen LogP contribution is -2.23. The van der Waals surface area contributed by atoms with Gasteiger partial charge in [-0.25, -0.2) is 0 Å². The highest BCUT2D eigenvalue weighted by atomic mass is 79.9. The summed E-state index contributed by atoms with van der Waals surface area (Å²) in [4.78, 5) is 11.3. The third kappa shape index (κ3) is 2.47. The Morgan fingerprint density at radius 3 is 3.00 bits per heavy atom. The summed E-state index contributed by atoms with van der Waals surface area (Å²) < 4.78 is 0.692. The molecule has 0 aliphatic carbocycles. The number of carbonyl (C=O) groups is 1. The van der Waals surface area contributed by atoms with Crippen LogP contribution in [0.25, 0.3) is 0 Å². The molecule has 0 aliphatic rings. The number of aromatic hydroxyl groups is 1. The predicted octanol–water partition coefficient (Wildman–Crippen LogP) is 1.41. The summed E-state index contributed by atoms with van der Waals surface area (Å²) in [6, 6.07) is 6.29. The summed E-state index contributed by atoms with van der Waals surface area (Å²) in [6.07, 6.45) is 0. The molecule has 1 rings (SSSR count). The van der Waals surface area contributed by atoms with Crippen molar-refractivity contribution in [3.63, 3.8) is 0 Å². The molecule has 14 heavy (non-hydrogen) atoms. The first-order chi connectivity index (χ1) is 6.65. The maximum atomic E-state index is 11.3. The van der Waals surface area contributed by atoms with E-state index in [4.69, 9.17) is 5.26 Å². The fourth-order valence-electron chi connectivity index (χ4n) is 0.905. The largest absolute Gasteiger partial charge is 0.507 e. The maximum absolute atomic E-state index is 11.3. The van der Waals surface area contributed by atoms with Crippen LogP contribution in [0.5, 0.6) is 5.75 Å². The van der Waals surface area contributed by atoms with Gasteiger partial charge in [0.05, 0.1) is 11.6 Å². The highest BCUT2D eigenvalue weighted by molar-refractivity contribution is 9.10. The third-order valence-electron chi connectivity index (χ3n) is 1.53. The number of nitrogens with one attached hydrogen (secondary N) is 1. The summed E-state index contributed by atoms with van der Waals surface area (Å²) in [5.74, 6) is -0.575. The number of halogens is 1. The lowest BCUT2D eigenvalue weighted by Gasteiger charge is -2.03. The van der Waals surface area contributed by atoms with Gasteiger partial charge in [-0.05, 0) is 18.2 Å². The molecule has 0 bridgehead atoms. The number of nitrogens with zero attached hydrogens (tertiary/aromatic N) is 1. The molecule has 0 aromatic heterocycles. The van der Waals surface area contributed by atoms with Crippen molar-refractivity contribution in [2.45, 2.75) is 0 Å². The molecular weight excluding hydrogens is 248 g/mol. The van der Waals surface area contributed by atoms with E-state index in [9.17, 15) is 9.90 Å². The molecule has 2 N–H and O–H groups in total. The summed E-state index contributed by atoms with van der Waals surface area (Å²) in [5.41, 5.74) is 0.148. The van der Waals surface area contributed by atoms with Gasteiger partial charge in [-0.3, -0.25) is 4.79 Å². The molecule has 5 heteroatoms. The van der Waals surface area contributed by atoms with Crippen LogP contribution in [0.1, 0.15) is 10.4 Å². The predicted molar refractivity (Wildman–Crippen MR) is 53.8 cm³/mol. The first kappa shape index (κ1) is 10.5. The molecule has 1 aromatic carbocycles. The molecule has 0 atom stereocenters. The molecule has 0 spiro atoms. The van der Waals surface area contributed by atoms with E-state index in [-0.39, 0.29) is 17.9 Å². The Balaban J connectivity index is 2.90. The number of rotatable bonds is 2. The number of amides is 1. The monoisotopic (exact) mass is 254 g/mol. The quantitative estimate of drug-likeness (QED) is 0.784. The zero-order chi connectivity index (χ0) is 10.6. The molecule has 0 saturated carbocycles. The van der Waals surface area contributed by atoms with Crippen LogP contribution >= 0.6 is 15.9 Å². The van der Waals surface area contributed by atoms with Gasteiger partial charge in [-0.2, -0.15) is 5.26 Å². The molecule has 4 nitrogen and oxygen atoms in total. The minimum Gasteiger partial charge on any atom is -0.507 e. The van der Waals surface area contributed by atoms with Gasteiger partial charge in [0.2, 0.25) is 0 Å². The van der Waals surface area contributed by atoms with Gasteiger partial charge in [-0.1, -0.05) is 15.9 Å². The minimum atomic E-state index is -0.467. The Kier molecular flexibility index (Phi) is 3.48. The molecule has 1 aromatic rings. The Morgan fingerprint density at radius 2 is 2.36 bits per heavy atom. The molecule has 1 amide bonds. The number of phenols is 1. The summed E-state index contributed by atoms with van der Waals surface area (Å²) in [6.45, 7) is -0.0786. The van der Waals surface area contributed by atoms with E-state index in [0.717, 1.165) is 0 Å². The number of hydrogen-bond acceptors (Lipinski definition) is 3. The van der Waals surface area contributed by atoms with E-state index in [1.807, 2.05) is 0 Å².